The molecule has 0 saturated carbocycles. The summed E-state index contributed by atoms with van der Waals surface area (Å²) in [7, 11) is 0. The Balaban J connectivity index is 1.66. The van der Waals surface area contributed by atoms with Gasteiger partial charge in [-0.25, -0.2) is 4.79 Å². The van der Waals surface area contributed by atoms with E-state index in [2.05, 4.69) is 5.32 Å². The molecule has 2 fully saturated rings. The van der Waals surface area contributed by atoms with Crippen LogP contribution in [0.15, 0.2) is 24.3 Å². The highest BCUT2D eigenvalue weighted by Gasteiger charge is 2.42. The quantitative estimate of drug-likeness (QED) is 0.831. The van der Waals surface area contributed by atoms with Crippen molar-refractivity contribution in [2.75, 3.05) is 29.9 Å². The monoisotopic (exact) mass is 317 g/mol. The molecule has 0 aromatic heterocycles. The second-order valence-electron chi connectivity index (χ2n) is 6.31. The van der Waals surface area contributed by atoms with Crippen molar-refractivity contribution in [1.29, 1.82) is 0 Å². The molecule has 3 rings (SSSR count). The third kappa shape index (κ3) is 2.86. The van der Waals surface area contributed by atoms with Crippen LogP contribution in [0.3, 0.4) is 0 Å². The second kappa shape index (κ2) is 5.57. The summed E-state index contributed by atoms with van der Waals surface area (Å²) in [4.78, 5) is 38.2. The number of carbonyl (C=O) groups is 3. The average Bonchev–Trinajstić information content (AvgIpc) is 2.90. The van der Waals surface area contributed by atoms with Crippen LogP contribution in [0.25, 0.3) is 0 Å². The maximum Gasteiger partial charge on any atom is 0.321 e. The van der Waals surface area contributed by atoms with Crippen LogP contribution in [0, 0.1) is 5.41 Å². The van der Waals surface area contributed by atoms with Crippen LogP contribution in [0.1, 0.15) is 19.8 Å². The number of amides is 3. The van der Waals surface area contributed by atoms with E-state index in [1.807, 2.05) is 6.07 Å². The number of anilines is 2. The topological polar surface area (TPSA) is 89.9 Å². The van der Waals surface area contributed by atoms with Gasteiger partial charge in [-0.05, 0) is 31.5 Å². The number of β-lactam (4-membered cyclic amide) rings is 1. The number of hydrogen-bond donors (Lipinski definition) is 2. The zero-order chi connectivity index (χ0) is 16.6. The molecule has 0 radical (unpaired) electrons. The van der Waals surface area contributed by atoms with Gasteiger partial charge in [-0.1, -0.05) is 6.07 Å². The number of aliphatic carboxylic acids is 1. The molecule has 2 aliphatic heterocycles. The van der Waals surface area contributed by atoms with E-state index < -0.39 is 11.4 Å². The molecule has 2 N–H and O–H groups in total. The lowest BCUT2D eigenvalue weighted by molar-refractivity contribution is -0.147. The molecule has 0 bridgehead atoms. The lowest BCUT2D eigenvalue weighted by Gasteiger charge is -2.31. The van der Waals surface area contributed by atoms with E-state index in [0.29, 0.717) is 31.6 Å². The van der Waals surface area contributed by atoms with Gasteiger partial charge in [-0.3, -0.25) is 9.59 Å². The highest BCUT2D eigenvalue weighted by molar-refractivity contribution is 6.00. The largest absolute Gasteiger partial charge is 0.481 e. The molecule has 1 atom stereocenters. The van der Waals surface area contributed by atoms with Crippen LogP contribution >= 0.6 is 0 Å². The lowest BCUT2D eigenvalue weighted by atomic mass is 9.90. The Labute approximate surface area is 133 Å². The summed E-state index contributed by atoms with van der Waals surface area (Å²) in [5, 5.41) is 12.0. The van der Waals surface area contributed by atoms with Gasteiger partial charge >= 0.3 is 12.0 Å². The molecule has 1 aromatic rings. The van der Waals surface area contributed by atoms with Crippen LogP contribution in [-0.2, 0) is 9.59 Å². The van der Waals surface area contributed by atoms with Crippen molar-refractivity contribution >= 4 is 29.3 Å². The first-order valence-corrected chi connectivity index (χ1v) is 7.59. The molecule has 2 heterocycles. The van der Waals surface area contributed by atoms with Crippen molar-refractivity contribution in [2.45, 2.75) is 19.8 Å². The molecule has 122 valence electrons. The number of benzene rings is 1. The lowest BCUT2D eigenvalue weighted by Crippen LogP contribution is -2.43. The van der Waals surface area contributed by atoms with E-state index in [9.17, 15) is 19.5 Å². The molecule has 0 aliphatic carbocycles. The van der Waals surface area contributed by atoms with E-state index >= 15 is 0 Å². The van der Waals surface area contributed by atoms with Gasteiger partial charge in [0.1, 0.15) is 0 Å². The van der Waals surface area contributed by atoms with Gasteiger partial charge in [0, 0.05) is 37.4 Å². The molecule has 2 saturated heterocycles. The van der Waals surface area contributed by atoms with Gasteiger partial charge in [-0.2, -0.15) is 0 Å². The highest BCUT2D eigenvalue weighted by atomic mass is 16.4. The van der Waals surface area contributed by atoms with E-state index in [1.54, 1.807) is 30.0 Å². The van der Waals surface area contributed by atoms with E-state index in [4.69, 9.17) is 0 Å². The van der Waals surface area contributed by atoms with Crippen molar-refractivity contribution in [3.63, 3.8) is 0 Å². The minimum absolute atomic E-state index is 0.0743. The molecule has 23 heavy (non-hydrogen) atoms. The minimum atomic E-state index is -0.886. The van der Waals surface area contributed by atoms with Crippen LogP contribution in [-0.4, -0.2) is 47.5 Å². The fraction of sp³-hybridized carbons (Fsp3) is 0.438. The third-order valence-corrected chi connectivity index (χ3v) is 4.54. The maximum atomic E-state index is 12.3. The SMILES string of the molecule is CC1(C(=O)O)CCN(C(=O)Nc2cccc(N3CCC3=O)c2)C1. The summed E-state index contributed by atoms with van der Waals surface area (Å²) < 4.78 is 0. The summed E-state index contributed by atoms with van der Waals surface area (Å²) in [6, 6.07) is 6.79. The molecule has 7 nitrogen and oxygen atoms in total. The van der Waals surface area contributed by atoms with Crippen molar-refractivity contribution in [2.24, 2.45) is 5.41 Å². The number of likely N-dealkylation sites (tertiary alicyclic amines) is 1. The number of hydrogen-bond acceptors (Lipinski definition) is 3. The first kappa shape index (κ1) is 15.3. The van der Waals surface area contributed by atoms with Crippen LogP contribution in [0.2, 0.25) is 0 Å². The number of carbonyl (C=O) groups excluding carboxylic acids is 2. The fourth-order valence-electron chi connectivity index (χ4n) is 2.85. The zero-order valence-corrected chi connectivity index (χ0v) is 12.9. The van der Waals surface area contributed by atoms with E-state index in [1.165, 1.54) is 4.90 Å². The standard InChI is InChI=1S/C16H19N3O4/c1-16(14(21)22)6-8-18(10-16)15(23)17-11-3-2-4-12(9-11)19-7-5-13(19)20/h2-4,9H,5-8,10H2,1H3,(H,17,23)(H,21,22). The maximum absolute atomic E-state index is 12.3. The Bertz CT molecular complexity index is 675. The summed E-state index contributed by atoms with van der Waals surface area (Å²) in [6.07, 6.45) is 0.996. The predicted molar refractivity (Wildman–Crippen MR) is 84.4 cm³/mol. The normalized spacial score (nSPS) is 23.6. The number of urea groups is 1. The van der Waals surface area contributed by atoms with Crippen molar-refractivity contribution in [1.82, 2.24) is 4.90 Å². The number of nitrogens with one attached hydrogen (secondary N) is 1. The first-order chi connectivity index (χ1) is 10.9. The molecular formula is C16H19N3O4. The number of nitrogens with zero attached hydrogens (tertiary/aromatic N) is 2. The van der Waals surface area contributed by atoms with Gasteiger partial charge < -0.3 is 20.2 Å². The van der Waals surface area contributed by atoms with Crippen molar-refractivity contribution < 1.29 is 19.5 Å². The molecule has 0 spiro atoms. The Morgan fingerprint density at radius 2 is 2.09 bits per heavy atom. The molecule has 7 heteroatoms. The van der Waals surface area contributed by atoms with Crippen LogP contribution < -0.4 is 10.2 Å². The predicted octanol–water partition coefficient (Wildman–Crippen LogP) is 1.75. The van der Waals surface area contributed by atoms with Gasteiger partial charge in [0.05, 0.1) is 5.41 Å². The molecular weight excluding hydrogens is 298 g/mol. The van der Waals surface area contributed by atoms with Crippen molar-refractivity contribution in [3.8, 4) is 0 Å². The summed E-state index contributed by atoms with van der Waals surface area (Å²) in [5.41, 5.74) is 0.468. The first-order valence-electron chi connectivity index (χ1n) is 7.59. The van der Waals surface area contributed by atoms with Crippen LogP contribution in [0.4, 0.5) is 16.2 Å². The van der Waals surface area contributed by atoms with E-state index in [0.717, 1.165) is 5.69 Å². The molecule has 1 unspecified atom stereocenters. The Morgan fingerprint density at radius 3 is 2.65 bits per heavy atom. The van der Waals surface area contributed by atoms with Gasteiger partial charge in [0.25, 0.3) is 0 Å². The van der Waals surface area contributed by atoms with Gasteiger partial charge in [0.15, 0.2) is 0 Å². The van der Waals surface area contributed by atoms with Crippen LogP contribution in [0.5, 0.6) is 0 Å². The highest BCUT2D eigenvalue weighted by Crippen LogP contribution is 2.31. The zero-order valence-electron chi connectivity index (χ0n) is 12.9. The molecule has 3 amide bonds. The summed E-state index contributed by atoms with van der Waals surface area (Å²) in [6.45, 7) is 2.95. The molecule has 2 aliphatic rings. The number of carboxylic acids is 1. The second-order valence-corrected chi connectivity index (χ2v) is 6.31. The van der Waals surface area contributed by atoms with Gasteiger partial charge in [0.2, 0.25) is 5.91 Å². The Kier molecular flexibility index (Phi) is 3.71. The third-order valence-electron chi connectivity index (χ3n) is 4.54. The fourth-order valence-corrected chi connectivity index (χ4v) is 2.85. The van der Waals surface area contributed by atoms with E-state index in [-0.39, 0.29) is 18.5 Å². The summed E-state index contributed by atoms with van der Waals surface area (Å²) in [5.74, 6) is -0.809. The minimum Gasteiger partial charge on any atom is -0.481 e. The van der Waals surface area contributed by atoms with Crippen molar-refractivity contribution in [3.05, 3.63) is 24.3 Å². The van der Waals surface area contributed by atoms with Gasteiger partial charge in [-0.15, -0.1) is 0 Å². The Hall–Kier alpha value is -2.57. The Morgan fingerprint density at radius 1 is 1.30 bits per heavy atom. The smallest absolute Gasteiger partial charge is 0.321 e. The average molecular weight is 317 g/mol. The number of rotatable bonds is 3. The summed E-state index contributed by atoms with van der Waals surface area (Å²) >= 11 is 0. The molecule has 1 aromatic carbocycles. The number of carboxylic acid groups (broad SMARTS) is 1.